The first-order chi connectivity index (χ1) is 12.6. The molecule has 3 rings (SSSR count). The van der Waals surface area contributed by atoms with E-state index in [0.717, 1.165) is 5.56 Å². The van der Waals surface area contributed by atoms with Crippen molar-refractivity contribution in [2.45, 2.75) is 25.7 Å². The highest BCUT2D eigenvalue weighted by Crippen LogP contribution is 2.24. The third kappa shape index (κ3) is 4.33. The Hall–Kier alpha value is -2.58. The van der Waals surface area contributed by atoms with Crippen LogP contribution in [-0.2, 0) is 4.79 Å². The van der Waals surface area contributed by atoms with Crippen molar-refractivity contribution in [2.24, 2.45) is 0 Å². The summed E-state index contributed by atoms with van der Waals surface area (Å²) in [5, 5.41) is 16.1. The minimum absolute atomic E-state index is 0.00366. The van der Waals surface area contributed by atoms with Gasteiger partial charge < -0.3 is 10.6 Å². The number of hydrogen-bond donors (Lipinski definition) is 4. The lowest BCUT2D eigenvalue weighted by atomic mass is 10.2. The number of carbonyl (C=O) groups is 2. The van der Waals surface area contributed by atoms with Gasteiger partial charge in [-0.05, 0) is 6.92 Å². The largest absolute Gasteiger partial charge is 0.337 e. The number of urea groups is 1. The zero-order valence-electron chi connectivity index (χ0n) is 14.3. The van der Waals surface area contributed by atoms with Gasteiger partial charge in [0.15, 0.2) is 6.29 Å². The average Bonchev–Trinajstić information content (AvgIpc) is 3.03. The molecule has 2 atom stereocenters. The number of hydrogen-bond acceptors (Lipinski definition) is 4. The molecule has 1 aliphatic rings. The smallest absolute Gasteiger partial charge is 0.320 e. The number of halogens is 1. The Labute approximate surface area is 156 Å². The molecule has 9 heteroatoms. The second-order valence-electron chi connectivity index (χ2n) is 6.04. The molecule has 138 valence electrons. The zero-order valence-corrected chi connectivity index (χ0v) is 15.1. The minimum atomic E-state index is -0.549. The van der Waals surface area contributed by atoms with Crippen LogP contribution in [0.5, 0.6) is 0 Å². The fourth-order valence-electron chi connectivity index (χ4n) is 2.75. The molecule has 0 saturated carbocycles. The fraction of sp³-hybridized carbons (Fsp3) is 0.353. The molecule has 1 aliphatic heterocycles. The summed E-state index contributed by atoms with van der Waals surface area (Å²) < 4.78 is 1.57. The molecule has 2 aromatic rings. The van der Waals surface area contributed by atoms with Crippen LogP contribution in [0, 0.1) is 0 Å². The van der Waals surface area contributed by atoms with Crippen LogP contribution in [0.1, 0.15) is 19.6 Å². The number of nitrogens with one attached hydrogen (secondary N) is 4. The predicted octanol–water partition coefficient (Wildman–Crippen LogP) is 1.86. The van der Waals surface area contributed by atoms with Crippen molar-refractivity contribution in [1.82, 2.24) is 25.7 Å². The summed E-state index contributed by atoms with van der Waals surface area (Å²) in [5.41, 5.74) is 1.60. The molecule has 0 bridgehead atoms. The van der Waals surface area contributed by atoms with Gasteiger partial charge in [0, 0.05) is 36.5 Å². The summed E-state index contributed by atoms with van der Waals surface area (Å²) in [4.78, 5) is 24.0. The number of amides is 3. The third-order valence-electron chi connectivity index (χ3n) is 3.90. The SMILES string of the molecule is CC1CC(=O)NC(n2nc(-c3ccccc3)cc2NC(=O)NCCCl)N1. The van der Waals surface area contributed by atoms with E-state index < -0.39 is 6.29 Å². The van der Waals surface area contributed by atoms with Gasteiger partial charge in [0.25, 0.3) is 0 Å². The molecule has 0 spiro atoms. The molecule has 2 unspecified atom stereocenters. The summed E-state index contributed by atoms with van der Waals surface area (Å²) in [6.45, 7) is 2.27. The van der Waals surface area contributed by atoms with E-state index in [1.54, 1.807) is 10.7 Å². The normalized spacial score (nSPS) is 19.7. The van der Waals surface area contributed by atoms with Crippen LogP contribution in [0.15, 0.2) is 36.4 Å². The summed E-state index contributed by atoms with van der Waals surface area (Å²) in [7, 11) is 0. The van der Waals surface area contributed by atoms with E-state index in [9.17, 15) is 9.59 Å². The molecule has 2 heterocycles. The van der Waals surface area contributed by atoms with E-state index in [2.05, 4.69) is 26.4 Å². The van der Waals surface area contributed by atoms with Crippen LogP contribution < -0.4 is 21.3 Å². The lowest BCUT2D eigenvalue weighted by molar-refractivity contribution is -0.125. The molecule has 26 heavy (non-hydrogen) atoms. The van der Waals surface area contributed by atoms with Crippen LogP contribution in [-0.4, -0.2) is 40.2 Å². The molecule has 8 nitrogen and oxygen atoms in total. The number of rotatable bonds is 5. The van der Waals surface area contributed by atoms with Gasteiger partial charge in [0.1, 0.15) is 5.82 Å². The quantitative estimate of drug-likeness (QED) is 0.598. The molecule has 1 saturated heterocycles. The Morgan fingerprint density at radius 2 is 2.15 bits per heavy atom. The van der Waals surface area contributed by atoms with E-state index in [1.807, 2.05) is 37.3 Å². The van der Waals surface area contributed by atoms with Crippen LogP contribution in [0.2, 0.25) is 0 Å². The highest BCUT2D eigenvalue weighted by Gasteiger charge is 2.27. The standard InChI is InChI=1S/C17H21ClN6O2/c1-11-9-15(25)22-16(20-11)24-14(21-17(26)19-8-7-18)10-13(23-24)12-5-3-2-4-6-12/h2-6,10-11,16,20H,7-9H2,1H3,(H,22,25)(H2,19,21,26). The number of alkyl halides is 1. The molecule has 3 amide bonds. The van der Waals surface area contributed by atoms with Crippen molar-refractivity contribution in [3.63, 3.8) is 0 Å². The first-order valence-corrected chi connectivity index (χ1v) is 8.91. The van der Waals surface area contributed by atoms with Crippen LogP contribution in [0.25, 0.3) is 11.3 Å². The van der Waals surface area contributed by atoms with Gasteiger partial charge in [-0.15, -0.1) is 11.6 Å². The maximum absolute atomic E-state index is 12.1. The molecule has 4 N–H and O–H groups in total. The Morgan fingerprint density at radius 3 is 2.85 bits per heavy atom. The van der Waals surface area contributed by atoms with Crippen LogP contribution >= 0.6 is 11.6 Å². The molecule has 1 aromatic carbocycles. The van der Waals surface area contributed by atoms with Gasteiger partial charge >= 0.3 is 6.03 Å². The molecular formula is C17H21ClN6O2. The van der Waals surface area contributed by atoms with E-state index >= 15 is 0 Å². The van der Waals surface area contributed by atoms with E-state index in [0.29, 0.717) is 30.4 Å². The Balaban J connectivity index is 1.91. The first kappa shape index (κ1) is 18.2. The highest BCUT2D eigenvalue weighted by molar-refractivity contribution is 6.18. The lowest BCUT2D eigenvalue weighted by Crippen LogP contribution is -2.52. The zero-order chi connectivity index (χ0) is 18.5. The number of benzene rings is 1. The predicted molar refractivity (Wildman–Crippen MR) is 99.8 cm³/mol. The third-order valence-corrected chi connectivity index (χ3v) is 4.09. The molecular weight excluding hydrogens is 356 g/mol. The number of nitrogens with zero attached hydrogens (tertiary/aromatic N) is 2. The first-order valence-electron chi connectivity index (χ1n) is 8.38. The van der Waals surface area contributed by atoms with E-state index in [1.165, 1.54) is 0 Å². The Morgan fingerprint density at radius 1 is 1.38 bits per heavy atom. The molecule has 0 aliphatic carbocycles. The van der Waals surface area contributed by atoms with Gasteiger partial charge in [0.05, 0.1) is 5.69 Å². The molecule has 1 fully saturated rings. The van der Waals surface area contributed by atoms with Crippen molar-refractivity contribution in [3.05, 3.63) is 36.4 Å². The lowest BCUT2D eigenvalue weighted by Gasteiger charge is -2.30. The van der Waals surface area contributed by atoms with Crippen molar-refractivity contribution in [2.75, 3.05) is 17.7 Å². The fourth-order valence-corrected chi connectivity index (χ4v) is 2.84. The maximum atomic E-state index is 12.1. The van der Waals surface area contributed by atoms with Crippen LogP contribution in [0.4, 0.5) is 10.6 Å². The van der Waals surface area contributed by atoms with Gasteiger partial charge in [0.2, 0.25) is 5.91 Å². The average molecular weight is 377 g/mol. The second-order valence-corrected chi connectivity index (χ2v) is 6.42. The van der Waals surface area contributed by atoms with Crippen molar-refractivity contribution >= 4 is 29.4 Å². The van der Waals surface area contributed by atoms with Gasteiger partial charge in [-0.2, -0.15) is 5.10 Å². The van der Waals surface area contributed by atoms with Gasteiger partial charge in [-0.3, -0.25) is 15.4 Å². The number of carbonyl (C=O) groups excluding carboxylic acids is 2. The maximum Gasteiger partial charge on any atom is 0.320 e. The van der Waals surface area contributed by atoms with Crippen molar-refractivity contribution in [1.29, 1.82) is 0 Å². The monoisotopic (exact) mass is 376 g/mol. The van der Waals surface area contributed by atoms with Gasteiger partial charge in [-0.25, -0.2) is 9.48 Å². The Bertz CT molecular complexity index is 779. The highest BCUT2D eigenvalue weighted by atomic mass is 35.5. The number of anilines is 1. The van der Waals surface area contributed by atoms with Gasteiger partial charge in [-0.1, -0.05) is 30.3 Å². The van der Waals surface area contributed by atoms with E-state index in [4.69, 9.17) is 11.6 Å². The topological polar surface area (TPSA) is 100 Å². The molecule has 1 aromatic heterocycles. The second kappa shape index (κ2) is 8.20. The summed E-state index contributed by atoms with van der Waals surface area (Å²) in [6.07, 6.45) is -0.158. The van der Waals surface area contributed by atoms with E-state index in [-0.39, 0.29) is 18.0 Å². The summed E-state index contributed by atoms with van der Waals surface area (Å²) >= 11 is 5.60. The summed E-state index contributed by atoms with van der Waals surface area (Å²) in [6, 6.07) is 11.0. The number of aromatic nitrogens is 2. The van der Waals surface area contributed by atoms with Crippen molar-refractivity contribution in [3.8, 4) is 11.3 Å². The Kier molecular flexibility index (Phi) is 5.75. The molecule has 0 radical (unpaired) electrons. The van der Waals surface area contributed by atoms with Crippen LogP contribution in [0.3, 0.4) is 0 Å². The summed E-state index contributed by atoms with van der Waals surface area (Å²) in [5.74, 6) is 0.707. The minimum Gasteiger partial charge on any atom is -0.337 e. The van der Waals surface area contributed by atoms with Crippen molar-refractivity contribution < 1.29 is 9.59 Å².